The zero-order valence-electron chi connectivity index (χ0n) is 17.5. The Bertz CT molecular complexity index is 1100. The first-order valence-corrected chi connectivity index (χ1v) is 9.66. The Morgan fingerprint density at radius 2 is 2.07 bits per heavy atom. The summed E-state index contributed by atoms with van der Waals surface area (Å²) in [6.45, 7) is 5.59. The molecule has 158 valence electrons. The fourth-order valence-corrected chi connectivity index (χ4v) is 3.68. The van der Waals surface area contributed by atoms with Gasteiger partial charge in [-0.2, -0.15) is 15.1 Å². The Balaban J connectivity index is 1.49. The van der Waals surface area contributed by atoms with Gasteiger partial charge in [-0.1, -0.05) is 0 Å². The van der Waals surface area contributed by atoms with E-state index in [4.69, 9.17) is 10.5 Å². The van der Waals surface area contributed by atoms with Gasteiger partial charge >= 0.3 is 6.03 Å². The van der Waals surface area contributed by atoms with E-state index in [-0.39, 0.29) is 18.0 Å². The molecule has 11 nitrogen and oxygen atoms in total. The number of methoxy groups -OCH3 is 1. The topological polar surface area (TPSA) is 127 Å². The number of aryl methyl sites for hydroxylation is 2. The molecule has 0 unspecified atom stereocenters. The number of fused-ring (bicyclic) bond motifs is 1. The monoisotopic (exact) mass is 411 g/mol. The Hall–Kier alpha value is -3.63. The number of carbonyl (C=O) groups is 1. The second-order valence-corrected chi connectivity index (χ2v) is 7.32. The van der Waals surface area contributed by atoms with Crippen molar-refractivity contribution in [3.63, 3.8) is 0 Å². The standard InChI is InChI=1S/C19H25N9O2/c1-11-10-27(19(29)23-14-5-6-15(30-4)22-12(14)2)7-8-28(11)17-13-9-21-26(3)16(13)24-18(20)25-17/h5-6,9,11H,7-8,10H2,1-4H3,(H,23,29)(H2,20,24,25)/t11-/m0/s1. The summed E-state index contributed by atoms with van der Waals surface area (Å²) in [4.78, 5) is 29.8. The number of pyridine rings is 1. The van der Waals surface area contributed by atoms with Crippen LogP contribution in [-0.4, -0.2) is 68.4 Å². The predicted molar refractivity (Wildman–Crippen MR) is 114 cm³/mol. The van der Waals surface area contributed by atoms with Gasteiger partial charge < -0.3 is 25.6 Å². The molecule has 3 N–H and O–H groups in total. The summed E-state index contributed by atoms with van der Waals surface area (Å²) in [5.41, 5.74) is 7.97. The highest BCUT2D eigenvalue weighted by atomic mass is 16.5. The van der Waals surface area contributed by atoms with Crippen molar-refractivity contribution in [1.29, 1.82) is 0 Å². The van der Waals surface area contributed by atoms with Crippen LogP contribution in [0.4, 0.5) is 22.2 Å². The number of nitrogens with two attached hydrogens (primary N) is 1. The van der Waals surface area contributed by atoms with Crippen LogP contribution in [0.25, 0.3) is 11.0 Å². The molecule has 0 saturated carbocycles. The average Bonchev–Trinajstić information content (AvgIpc) is 3.09. The summed E-state index contributed by atoms with van der Waals surface area (Å²) in [5, 5.41) is 8.05. The number of carbonyl (C=O) groups excluding carboxylic acids is 1. The number of nitrogens with one attached hydrogen (secondary N) is 1. The molecule has 4 heterocycles. The van der Waals surface area contributed by atoms with Crippen LogP contribution in [0.1, 0.15) is 12.6 Å². The van der Waals surface area contributed by atoms with Crippen LogP contribution in [0.5, 0.6) is 5.88 Å². The number of hydrogen-bond donors (Lipinski definition) is 2. The number of urea groups is 1. The van der Waals surface area contributed by atoms with E-state index in [0.29, 0.717) is 42.5 Å². The van der Waals surface area contributed by atoms with Crippen molar-refractivity contribution < 1.29 is 9.53 Å². The van der Waals surface area contributed by atoms with E-state index in [0.717, 1.165) is 11.2 Å². The van der Waals surface area contributed by atoms with E-state index in [9.17, 15) is 4.79 Å². The van der Waals surface area contributed by atoms with Gasteiger partial charge in [0.1, 0.15) is 5.82 Å². The van der Waals surface area contributed by atoms with Gasteiger partial charge in [0.15, 0.2) is 5.65 Å². The molecule has 3 aromatic rings. The van der Waals surface area contributed by atoms with Gasteiger partial charge in [-0.3, -0.25) is 4.68 Å². The van der Waals surface area contributed by atoms with E-state index in [1.807, 2.05) is 14.0 Å². The minimum absolute atomic E-state index is 0.0392. The first-order valence-electron chi connectivity index (χ1n) is 9.66. The number of anilines is 3. The number of ether oxygens (including phenoxy) is 1. The fourth-order valence-electron chi connectivity index (χ4n) is 3.68. The first-order chi connectivity index (χ1) is 14.4. The van der Waals surface area contributed by atoms with Crippen molar-refractivity contribution in [3.8, 4) is 5.88 Å². The van der Waals surface area contributed by atoms with Crippen LogP contribution in [0, 0.1) is 6.92 Å². The van der Waals surface area contributed by atoms with E-state index >= 15 is 0 Å². The lowest BCUT2D eigenvalue weighted by atomic mass is 10.2. The second kappa shape index (κ2) is 7.65. The van der Waals surface area contributed by atoms with Gasteiger partial charge in [0.2, 0.25) is 11.8 Å². The highest BCUT2D eigenvalue weighted by Crippen LogP contribution is 2.27. The molecule has 0 aliphatic carbocycles. The molecule has 2 amide bonds. The number of hydrogen-bond acceptors (Lipinski definition) is 8. The number of piperazine rings is 1. The van der Waals surface area contributed by atoms with Crippen molar-refractivity contribution in [3.05, 3.63) is 24.0 Å². The average molecular weight is 411 g/mol. The number of nitrogens with zero attached hydrogens (tertiary/aromatic N) is 7. The van der Waals surface area contributed by atoms with E-state index < -0.39 is 0 Å². The third-order valence-corrected chi connectivity index (χ3v) is 5.29. The Kier molecular flexibility index (Phi) is 5.02. The third kappa shape index (κ3) is 3.53. The van der Waals surface area contributed by atoms with Gasteiger partial charge in [-0.15, -0.1) is 0 Å². The molecular weight excluding hydrogens is 386 g/mol. The van der Waals surface area contributed by atoms with Gasteiger partial charge in [0.25, 0.3) is 0 Å². The van der Waals surface area contributed by atoms with Gasteiger partial charge in [-0.25, -0.2) is 9.78 Å². The van der Waals surface area contributed by atoms with E-state index in [1.165, 1.54) is 0 Å². The molecule has 4 rings (SSSR count). The summed E-state index contributed by atoms with van der Waals surface area (Å²) in [7, 11) is 3.38. The normalized spacial score (nSPS) is 16.7. The lowest BCUT2D eigenvalue weighted by molar-refractivity contribution is 0.200. The summed E-state index contributed by atoms with van der Waals surface area (Å²) in [6, 6.07) is 3.39. The zero-order valence-corrected chi connectivity index (χ0v) is 17.5. The molecule has 11 heteroatoms. The van der Waals surface area contributed by atoms with Crippen molar-refractivity contribution in [1.82, 2.24) is 29.6 Å². The van der Waals surface area contributed by atoms with Gasteiger partial charge in [-0.05, 0) is 19.9 Å². The molecule has 3 aromatic heterocycles. The Morgan fingerprint density at radius 1 is 1.27 bits per heavy atom. The lowest BCUT2D eigenvalue weighted by Crippen LogP contribution is -2.55. The molecule has 30 heavy (non-hydrogen) atoms. The van der Waals surface area contributed by atoms with E-state index in [1.54, 1.807) is 35.0 Å². The van der Waals surface area contributed by atoms with Gasteiger partial charge in [0, 0.05) is 38.8 Å². The largest absolute Gasteiger partial charge is 0.481 e. The number of nitrogen functional groups attached to an aromatic ring is 1. The summed E-state index contributed by atoms with van der Waals surface area (Å²) in [6.07, 6.45) is 1.75. The van der Waals surface area contributed by atoms with Crippen LogP contribution >= 0.6 is 0 Å². The molecule has 1 saturated heterocycles. The van der Waals surface area contributed by atoms with Crippen LogP contribution in [0.2, 0.25) is 0 Å². The third-order valence-electron chi connectivity index (χ3n) is 5.29. The lowest BCUT2D eigenvalue weighted by Gasteiger charge is -2.40. The molecular formula is C19H25N9O2. The van der Waals surface area contributed by atoms with Crippen LogP contribution in [0.15, 0.2) is 18.3 Å². The maximum Gasteiger partial charge on any atom is 0.322 e. The number of rotatable bonds is 3. The number of amides is 2. The molecule has 1 aliphatic heterocycles. The molecule has 0 aromatic carbocycles. The van der Waals surface area contributed by atoms with Gasteiger partial charge in [0.05, 0.1) is 30.1 Å². The Morgan fingerprint density at radius 3 is 2.77 bits per heavy atom. The minimum atomic E-state index is -0.162. The highest BCUT2D eigenvalue weighted by Gasteiger charge is 2.29. The summed E-state index contributed by atoms with van der Waals surface area (Å²) >= 11 is 0. The second-order valence-electron chi connectivity index (χ2n) is 7.32. The smallest absolute Gasteiger partial charge is 0.322 e. The summed E-state index contributed by atoms with van der Waals surface area (Å²) in [5.74, 6) is 1.46. The SMILES string of the molecule is COc1ccc(NC(=O)N2CCN(c3nc(N)nc4c3cnn4C)[C@@H](C)C2)c(C)n1. The molecule has 0 spiro atoms. The molecule has 1 aliphatic rings. The first kappa shape index (κ1) is 19.7. The van der Waals surface area contributed by atoms with Crippen molar-refractivity contribution in [2.45, 2.75) is 19.9 Å². The maximum absolute atomic E-state index is 12.8. The predicted octanol–water partition coefficient (Wildman–Crippen LogP) is 1.40. The summed E-state index contributed by atoms with van der Waals surface area (Å²) < 4.78 is 6.79. The van der Waals surface area contributed by atoms with Crippen molar-refractivity contribution in [2.75, 3.05) is 42.7 Å². The van der Waals surface area contributed by atoms with E-state index in [2.05, 4.69) is 37.2 Å². The molecule has 0 radical (unpaired) electrons. The van der Waals surface area contributed by atoms with Crippen LogP contribution in [0.3, 0.4) is 0 Å². The minimum Gasteiger partial charge on any atom is -0.481 e. The quantitative estimate of drug-likeness (QED) is 0.662. The molecule has 0 bridgehead atoms. The molecule has 1 fully saturated rings. The zero-order chi connectivity index (χ0) is 21.4. The maximum atomic E-state index is 12.8. The van der Waals surface area contributed by atoms with Crippen molar-refractivity contribution in [2.24, 2.45) is 7.05 Å². The fraction of sp³-hybridized carbons (Fsp3) is 0.421. The number of aromatic nitrogens is 5. The van der Waals surface area contributed by atoms with Crippen LogP contribution < -0.4 is 20.7 Å². The van der Waals surface area contributed by atoms with Crippen LogP contribution in [-0.2, 0) is 7.05 Å². The highest BCUT2D eigenvalue weighted by molar-refractivity contribution is 5.91. The van der Waals surface area contributed by atoms with Crippen molar-refractivity contribution >= 4 is 34.5 Å². The molecule has 1 atom stereocenters. The Labute approximate surface area is 173 Å².